The van der Waals surface area contributed by atoms with Crippen molar-refractivity contribution >= 4 is 12.0 Å². The third-order valence-electron chi connectivity index (χ3n) is 4.61. The van der Waals surface area contributed by atoms with E-state index in [1.54, 1.807) is 12.1 Å². The van der Waals surface area contributed by atoms with Crippen LogP contribution in [-0.4, -0.2) is 37.6 Å². The van der Waals surface area contributed by atoms with E-state index in [-0.39, 0.29) is 5.75 Å². The molecule has 0 bridgehead atoms. The lowest BCUT2D eigenvalue weighted by molar-refractivity contribution is 0.112. The first kappa shape index (κ1) is 12.5. The van der Waals surface area contributed by atoms with Crippen LogP contribution in [0.25, 0.3) is 0 Å². The van der Waals surface area contributed by atoms with Crippen LogP contribution in [0.5, 0.6) is 5.75 Å². The first-order chi connectivity index (χ1) is 9.22. The van der Waals surface area contributed by atoms with Crippen molar-refractivity contribution in [3.8, 4) is 5.75 Å². The Balaban J connectivity index is 1.77. The molecule has 0 aliphatic carbocycles. The molecule has 2 saturated heterocycles. The molecule has 102 valence electrons. The van der Waals surface area contributed by atoms with Crippen molar-refractivity contribution < 1.29 is 9.90 Å². The molecule has 0 aromatic heterocycles. The van der Waals surface area contributed by atoms with Crippen molar-refractivity contribution in [3.05, 3.63) is 23.8 Å². The fourth-order valence-electron chi connectivity index (χ4n) is 3.35. The Hall–Kier alpha value is -1.55. The quantitative estimate of drug-likeness (QED) is 0.796. The molecular weight excluding hydrogens is 240 g/mol. The maximum atomic E-state index is 10.7. The molecule has 1 aromatic rings. The zero-order valence-corrected chi connectivity index (χ0v) is 11.1. The van der Waals surface area contributed by atoms with E-state index in [0.717, 1.165) is 31.9 Å². The molecule has 2 aliphatic heterocycles. The second-order valence-electron chi connectivity index (χ2n) is 5.78. The summed E-state index contributed by atoms with van der Waals surface area (Å²) in [6.07, 6.45) is 4.39. The summed E-state index contributed by atoms with van der Waals surface area (Å²) in [6.45, 7) is 4.33. The molecule has 2 aliphatic rings. The standard InChI is InChI=1S/C15H20N2O2/c18-10-12-1-2-13(9-14(12)19)17-8-5-15(11-17)3-6-16-7-4-15/h1-2,9-10,16,19H,3-8,11H2. The Morgan fingerprint density at radius 1 is 1.26 bits per heavy atom. The van der Waals surface area contributed by atoms with Crippen LogP contribution in [0.15, 0.2) is 18.2 Å². The summed E-state index contributed by atoms with van der Waals surface area (Å²) in [5, 5.41) is 13.2. The Labute approximate surface area is 113 Å². The summed E-state index contributed by atoms with van der Waals surface area (Å²) in [5.41, 5.74) is 1.84. The molecule has 4 nitrogen and oxygen atoms in total. The number of phenolic OH excluding ortho intramolecular Hbond substituents is 1. The lowest BCUT2D eigenvalue weighted by Gasteiger charge is -2.34. The summed E-state index contributed by atoms with van der Waals surface area (Å²) >= 11 is 0. The highest BCUT2D eigenvalue weighted by Gasteiger charge is 2.38. The Morgan fingerprint density at radius 3 is 2.74 bits per heavy atom. The zero-order valence-electron chi connectivity index (χ0n) is 11.1. The van der Waals surface area contributed by atoms with E-state index in [0.29, 0.717) is 17.3 Å². The molecule has 1 aromatic carbocycles. The molecule has 0 atom stereocenters. The molecule has 0 unspecified atom stereocenters. The van der Waals surface area contributed by atoms with E-state index >= 15 is 0 Å². The molecule has 2 N–H and O–H groups in total. The van der Waals surface area contributed by atoms with Crippen LogP contribution < -0.4 is 10.2 Å². The van der Waals surface area contributed by atoms with Gasteiger partial charge in [-0.15, -0.1) is 0 Å². The number of phenols is 1. The zero-order chi connectivity index (χ0) is 13.3. The topological polar surface area (TPSA) is 52.6 Å². The van der Waals surface area contributed by atoms with Gasteiger partial charge in [-0.1, -0.05) is 0 Å². The highest BCUT2D eigenvalue weighted by molar-refractivity contribution is 5.80. The number of aldehydes is 1. The first-order valence-electron chi connectivity index (χ1n) is 6.96. The van der Waals surface area contributed by atoms with E-state index in [1.165, 1.54) is 19.3 Å². The fourth-order valence-corrected chi connectivity index (χ4v) is 3.35. The largest absolute Gasteiger partial charge is 0.507 e. The van der Waals surface area contributed by atoms with Crippen LogP contribution in [0.3, 0.4) is 0 Å². The number of aromatic hydroxyl groups is 1. The first-order valence-corrected chi connectivity index (χ1v) is 6.96. The lowest BCUT2D eigenvalue weighted by atomic mass is 9.78. The molecule has 2 fully saturated rings. The van der Waals surface area contributed by atoms with E-state index in [9.17, 15) is 9.90 Å². The molecule has 0 amide bonds. The van der Waals surface area contributed by atoms with Gasteiger partial charge >= 0.3 is 0 Å². The molecule has 19 heavy (non-hydrogen) atoms. The van der Waals surface area contributed by atoms with Crippen molar-refractivity contribution in [1.29, 1.82) is 0 Å². The average molecular weight is 260 g/mol. The van der Waals surface area contributed by atoms with Crippen molar-refractivity contribution in [2.24, 2.45) is 5.41 Å². The number of rotatable bonds is 2. The van der Waals surface area contributed by atoms with Crippen molar-refractivity contribution in [2.45, 2.75) is 19.3 Å². The molecule has 1 spiro atoms. The minimum absolute atomic E-state index is 0.0822. The smallest absolute Gasteiger partial charge is 0.153 e. The van der Waals surface area contributed by atoms with Crippen molar-refractivity contribution in [1.82, 2.24) is 5.32 Å². The Kier molecular flexibility index (Phi) is 3.19. The van der Waals surface area contributed by atoms with Crippen LogP contribution in [0.4, 0.5) is 5.69 Å². The second-order valence-corrected chi connectivity index (χ2v) is 5.78. The molecule has 0 saturated carbocycles. The summed E-state index contributed by atoms with van der Waals surface area (Å²) in [6, 6.07) is 5.35. The minimum Gasteiger partial charge on any atom is -0.507 e. The molecular formula is C15H20N2O2. The van der Waals surface area contributed by atoms with Gasteiger partial charge in [0.15, 0.2) is 6.29 Å². The number of nitrogens with one attached hydrogen (secondary N) is 1. The Morgan fingerprint density at radius 2 is 2.05 bits per heavy atom. The fraction of sp³-hybridized carbons (Fsp3) is 0.533. The minimum atomic E-state index is 0.0822. The van der Waals surface area contributed by atoms with Gasteiger partial charge in [0.25, 0.3) is 0 Å². The summed E-state index contributed by atoms with van der Waals surface area (Å²) in [7, 11) is 0. The van der Waals surface area contributed by atoms with Crippen molar-refractivity contribution in [2.75, 3.05) is 31.1 Å². The summed E-state index contributed by atoms with van der Waals surface area (Å²) in [4.78, 5) is 13.1. The number of anilines is 1. The monoisotopic (exact) mass is 260 g/mol. The molecule has 0 radical (unpaired) electrons. The predicted molar refractivity (Wildman–Crippen MR) is 74.9 cm³/mol. The summed E-state index contributed by atoms with van der Waals surface area (Å²) in [5.74, 6) is 0.0822. The number of carbonyl (C=O) groups is 1. The van der Waals surface area contributed by atoms with Gasteiger partial charge in [-0.3, -0.25) is 4.79 Å². The van der Waals surface area contributed by atoms with Crippen LogP contribution in [0.1, 0.15) is 29.6 Å². The third kappa shape index (κ3) is 2.32. The number of nitrogens with zero attached hydrogens (tertiary/aromatic N) is 1. The number of piperidine rings is 1. The van der Waals surface area contributed by atoms with Gasteiger partial charge in [0.2, 0.25) is 0 Å². The van der Waals surface area contributed by atoms with Gasteiger partial charge in [-0.2, -0.15) is 0 Å². The van der Waals surface area contributed by atoms with Gasteiger partial charge in [0.05, 0.1) is 5.56 Å². The molecule has 3 rings (SSSR count). The number of hydrogen-bond acceptors (Lipinski definition) is 4. The van der Waals surface area contributed by atoms with Gasteiger partial charge in [-0.05, 0) is 49.9 Å². The van der Waals surface area contributed by atoms with Gasteiger partial charge in [0, 0.05) is 24.8 Å². The second kappa shape index (κ2) is 4.85. The van der Waals surface area contributed by atoms with E-state index in [4.69, 9.17) is 0 Å². The van der Waals surface area contributed by atoms with Crippen LogP contribution in [0.2, 0.25) is 0 Å². The average Bonchev–Trinajstić information content (AvgIpc) is 2.83. The van der Waals surface area contributed by atoms with Gasteiger partial charge < -0.3 is 15.3 Å². The maximum Gasteiger partial charge on any atom is 0.153 e. The number of carbonyl (C=O) groups excluding carboxylic acids is 1. The third-order valence-corrected chi connectivity index (χ3v) is 4.61. The molecule has 2 heterocycles. The van der Waals surface area contributed by atoms with Crippen molar-refractivity contribution in [3.63, 3.8) is 0 Å². The number of benzene rings is 1. The van der Waals surface area contributed by atoms with E-state index in [1.807, 2.05) is 6.07 Å². The predicted octanol–water partition coefficient (Wildman–Crippen LogP) is 1.78. The number of hydrogen-bond donors (Lipinski definition) is 2. The van der Waals surface area contributed by atoms with Crippen LogP contribution in [0, 0.1) is 5.41 Å². The maximum absolute atomic E-state index is 10.7. The summed E-state index contributed by atoms with van der Waals surface area (Å²) < 4.78 is 0. The normalized spacial score (nSPS) is 21.8. The molecule has 4 heteroatoms. The highest BCUT2D eigenvalue weighted by Crippen LogP contribution is 2.40. The van der Waals surface area contributed by atoms with E-state index in [2.05, 4.69) is 10.2 Å². The van der Waals surface area contributed by atoms with Crippen LogP contribution in [-0.2, 0) is 0 Å². The van der Waals surface area contributed by atoms with Gasteiger partial charge in [-0.25, -0.2) is 0 Å². The van der Waals surface area contributed by atoms with E-state index < -0.39 is 0 Å². The lowest BCUT2D eigenvalue weighted by Crippen LogP contribution is -2.38. The SMILES string of the molecule is O=Cc1ccc(N2CCC3(CCNCC3)C2)cc1O. The van der Waals surface area contributed by atoms with Gasteiger partial charge in [0.1, 0.15) is 5.75 Å². The Bertz CT molecular complexity index is 481. The van der Waals surface area contributed by atoms with Crippen LogP contribution >= 0.6 is 0 Å². The highest BCUT2D eigenvalue weighted by atomic mass is 16.3.